The molecule has 2 N–H and O–H groups in total. The van der Waals surface area contributed by atoms with Crippen molar-refractivity contribution in [3.63, 3.8) is 0 Å². The Morgan fingerprint density at radius 3 is 2.83 bits per heavy atom. The van der Waals surface area contributed by atoms with E-state index in [1.54, 1.807) is 16.9 Å². The second kappa shape index (κ2) is 9.10. The summed E-state index contributed by atoms with van der Waals surface area (Å²) in [6, 6.07) is 1.31. The van der Waals surface area contributed by atoms with Gasteiger partial charge in [0.1, 0.15) is 29.7 Å². The molecule has 35 heavy (non-hydrogen) atoms. The van der Waals surface area contributed by atoms with E-state index >= 15 is 0 Å². The van der Waals surface area contributed by atoms with Crippen LogP contribution in [0.5, 0.6) is 5.75 Å². The fourth-order valence-electron chi connectivity index (χ4n) is 4.17. The summed E-state index contributed by atoms with van der Waals surface area (Å²) in [6.07, 6.45) is 4.68. The molecule has 0 amide bonds. The number of hydrogen-bond acceptors (Lipinski definition) is 8. The number of alkyl halides is 1. The van der Waals surface area contributed by atoms with Crippen LogP contribution in [0.25, 0.3) is 16.8 Å². The zero-order valence-corrected chi connectivity index (χ0v) is 19.7. The molecular formula is C22H23ClF2N8O2. The molecule has 3 atom stereocenters. The molecule has 0 bridgehead atoms. The number of hydrogen-bond donors (Lipinski definition) is 2. The van der Waals surface area contributed by atoms with E-state index < -0.39 is 23.6 Å². The number of nitrogens with zero attached hydrogens (tertiary/aromatic N) is 7. The first-order valence-electron chi connectivity index (χ1n) is 11.0. The monoisotopic (exact) mass is 504 g/mol. The second-order valence-corrected chi connectivity index (χ2v) is 9.12. The van der Waals surface area contributed by atoms with E-state index in [0.717, 1.165) is 12.4 Å². The minimum Gasteiger partial charge on any atom is -0.488 e. The molecule has 1 fully saturated rings. The van der Waals surface area contributed by atoms with Gasteiger partial charge in [-0.05, 0) is 32.9 Å². The van der Waals surface area contributed by atoms with Crippen molar-refractivity contribution < 1.29 is 18.6 Å². The number of halogens is 3. The first-order chi connectivity index (χ1) is 16.7. The highest BCUT2D eigenvalue weighted by Crippen LogP contribution is 2.34. The minimum absolute atomic E-state index is 0.00668. The van der Waals surface area contributed by atoms with Gasteiger partial charge in [-0.2, -0.15) is 5.10 Å². The number of aromatic nitrogens is 7. The van der Waals surface area contributed by atoms with E-state index in [9.17, 15) is 13.9 Å². The number of piperidine rings is 1. The predicted octanol–water partition coefficient (Wildman–Crippen LogP) is 2.64. The molecule has 0 aliphatic carbocycles. The number of nitrogens with one attached hydrogen (secondary N) is 1. The fourth-order valence-corrected chi connectivity index (χ4v) is 4.39. The third-order valence-corrected chi connectivity index (χ3v) is 6.31. The van der Waals surface area contributed by atoms with Crippen LogP contribution in [0, 0.1) is 12.7 Å². The Bertz CT molecular complexity index is 1360. The van der Waals surface area contributed by atoms with Crippen molar-refractivity contribution in [1.29, 1.82) is 0 Å². The molecule has 184 valence electrons. The van der Waals surface area contributed by atoms with Gasteiger partial charge < -0.3 is 15.2 Å². The molecule has 10 nitrogen and oxygen atoms in total. The topological polar surface area (TPSA) is 115 Å². The third kappa shape index (κ3) is 4.44. The Morgan fingerprint density at radius 2 is 2.09 bits per heavy atom. The smallest absolute Gasteiger partial charge is 0.163 e. The van der Waals surface area contributed by atoms with Crippen LogP contribution in [-0.4, -0.2) is 65.6 Å². The zero-order chi connectivity index (χ0) is 24.7. The van der Waals surface area contributed by atoms with Crippen molar-refractivity contribution in [3.8, 4) is 17.0 Å². The average molecular weight is 505 g/mol. The summed E-state index contributed by atoms with van der Waals surface area (Å²) in [7, 11) is 0. The van der Waals surface area contributed by atoms with Gasteiger partial charge in [0.25, 0.3) is 0 Å². The van der Waals surface area contributed by atoms with Crippen LogP contribution in [0.4, 0.5) is 8.78 Å². The van der Waals surface area contributed by atoms with Gasteiger partial charge in [0, 0.05) is 18.3 Å². The SMILES string of the molecule is Cc1c(-c2cc(OCC(C)(O)c3ncc(F)cn3)c3c(Cl)cnn3c2)nnn1[C@@H]1CCNC[C@@H]1F. The molecule has 1 saturated heterocycles. The predicted molar refractivity (Wildman–Crippen MR) is 122 cm³/mol. The van der Waals surface area contributed by atoms with Gasteiger partial charge in [-0.1, -0.05) is 16.8 Å². The van der Waals surface area contributed by atoms with E-state index in [-0.39, 0.29) is 19.0 Å². The summed E-state index contributed by atoms with van der Waals surface area (Å²) >= 11 is 6.34. The minimum atomic E-state index is -1.61. The number of rotatable bonds is 6. The van der Waals surface area contributed by atoms with Crippen molar-refractivity contribution in [1.82, 2.24) is 39.9 Å². The summed E-state index contributed by atoms with van der Waals surface area (Å²) in [5.41, 5.74) is 0.742. The number of aliphatic hydroxyl groups is 1. The van der Waals surface area contributed by atoms with Gasteiger partial charge in [-0.25, -0.2) is 27.9 Å². The summed E-state index contributed by atoms with van der Waals surface area (Å²) in [5.74, 6) is -0.281. The van der Waals surface area contributed by atoms with Crippen LogP contribution in [0.1, 0.15) is 30.9 Å². The molecule has 1 aliphatic heterocycles. The first-order valence-corrected chi connectivity index (χ1v) is 11.4. The number of ether oxygens (including phenoxy) is 1. The summed E-state index contributed by atoms with van der Waals surface area (Å²) < 4.78 is 36.8. The van der Waals surface area contributed by atoms with Gasteiger partial charge in [-0.3, -0.25) is 0 Å². The molecule has 0 saturated carbocycles. The maximum Gasteiger partial charge on any atom is 0.163 e. The lowest BCUT2D eigenvalue weighted by Gasteiger charge is -2.27. The summed E-state index contributed by atoms with van der Waals surface area (Å²) in [4.78, 5) is 7.69. The maximum atomic E-state index is 14.5. The zero-order valence-electron chi connectivity index (χ0n) is 19.0. The van der Waals surface area contributed by atoms with E-state index in [1.807, 2.05) is 6.92 Å². The highest BCUT2D eigenvalue weighted by molar-refractivity contribution is 6.34. The Balaban J connectivity index is 1.48. The van der Waals surface area contributed by atoms with Crippen LogP contribution in [0.15, 0.2) is 30.9 Å². The molecule has 0 aromatic carbocycles. The molecule has 4 aromatic rings. The van der Waals surface area contributed by atoms with Crippen molar-refractivity contribution >= 4 is 17.1 Å². The second-order valence-electron chi connectivity index (χ2n) is 8.71. The number of pyridine rings is 1. The van der Waals surface area contributed by atoms with Gasteiger partial charge in [0.05, 0.1) is 35.3 Å². The van der Waals surface area contributed by atoms with E-state index in [2.05, 4.69) is 30.7 Å². The molecule has 1 aliphatic rings. The molecule has 5 rings (SSSR count). The maximum absolute atomic E-state index is 14.5. The Morgan fingerprint density at radius 1 is 1.31 bits per heavy atom. The van der Waals surface area contributed by atoms with Crippen molar-refractivity contribution in [3.05, 3.63) is 53.2 Å². The Hall–Kier alpha value is -3.22. The quantitative estimate of drug-likeness (QED) is 0.412. The lowest BCUT2D eigenvalue weighted by molar-refractivity contribution is 0.000117. The van der Waals surface area contributed by atoms with Crippen LogP contribution < -0.4 is 10.1 Å². The van der Waals surface area contributed by atoms with Crippen LogP contribution in [0.3, 0.4) is 0 Å². The lowest BCUT2D eigenvalue weighted by atomic mass is 10.0. The Kier molecular flexibility index (Phi) is 6.11. The summed E-state index contributed by atoms with van der Waals surface area (Å²) in [6.45, 7) is 4.02. The molecule has 1 unspecified atom stereocenters. The lowest BCUT2D eigenvalue weighted by Crippen LogP contribution is -2.39. The molecular weight excluding hydrogens is 482 g/mol. The van der Waals surface area contributed by atoms with E-state index in [4.69, 9.17) is 16.3 Å². The van der Waals surface area contributed by atoms with Crippen molar-refractivity contribution in [2.24, 2.45) is 0 Å². The van der Waals surface area contributed by atoms with Gasteiger partial charge in [0.15, 0.2) is 17.2 Å². The standard InChI is InChI=1S/C22H23ClF2N8O2/c1-12-19(30-31-33(12)17-3-4-26-9-16(17)25)13-5-18(20-15(23)8-29-32(20)10-13)35-11-22(2,34)21-27-6-14(24)7-28-21/h5-8,10,16-17,26,34H,3-4,9,11H2,1-2H3/t16-,17+,22?/m0/s1. The first kappa shape index (κ1) is 23.5. The van der Waals surface area contributed by atoms with E-state index in [0.29, 0.717) is 46.2 Å². The number of fused-ring (bicyclic) bond motifs is 1. The highest BCUT2D eigenvalue weighted by atomic mass is 35.5. The van der Waals surface area contributed by atoms with Crippen LogP contribution >= 0.6 is 11.6 Å². The fraction of sp³-hybridized carbons (Fsp3) is 0.409. The normalized spacial score (nSPS) is 20.2. The molecule has 4 aromatic heterocycles. The molecule has 0 spiro atoms. The van der Waals surface area contributed by atoms with Gasteiger partial charge in [-0.15, -0.1) is 5.10 Å². The van der Waals surface area contributed by atoms with Crippen LogP contribution in [0.2, 0.25) is 5.02 Å². The van der Waals surface area contributed by atoms with E-state index in [1.165, 1.54) is 17.6 Å². The molecule has 13 heteroatoms. The molecule has 5 heterocycles. The van der Waals surface area contributed by atoms with Gasteiger partial charge in [0.2, 0.25) is 0 Å². The average Bonchev–Trinajstić information content (AvgIpc) is 3.40. The van der Waals surface area contributed by atoms with Crippen molar-refractivity contribution in [2.45, 2.75) is 38.1 Å². The van der Waals surface area contributed by atoms with Crippen LogP contribution in [-0.2, 0) is 5.60 Å². The highest BCUT2D eigenvalue weighted by Gasteiger charge is 2.31. The van der Waals surface area contributed by atoms with Gasteiger partial charge >= 0.3 is 0 Å². The Labute approximate surface area is 203 Å². The van der Waals surface area contributed by atoms with Crippen molar-refractivity contribution in [2.75, 3.05) is 19.7 Å². The largest absolute Gasteiger partial charge is 0.488 e. The summed E-state index contributed by atoms with van der Waals surface area (Å²) in [5, 5.41) is 27.0. The molecule has 0 radical (unpaired) electrons. The third-order valence-electron chi connectivity index (χ3n) is 6.03.